The van der Waals surface area contributed by atoms with Crippen molar-refractivity contribution in [3.63, 3.8) is 0 Å². The molecule has 1 fully saturated rings. The molecular weight excluding hydrogens is 356 g/mol. The number of fused-ring (bicyclic) bond motifs is 1. The van der Waals surface area contributed by atoms with Gasteiger partial charge in [-0.1, -0.05) is 6.92 Å². The van der Waals surface area contributed by atoms with Crippen LogP contribution in [0.2, 0.25) is 0 Å². The summed E-state index contributed by atoms with van der Waals surface area (Å²) in [7, 11) is 2.02. The molecule has 148 valence electrons. The molecule has 0 radical (unpaired) electrons. The molecule has 8 heteroatoms. The highest BCUT2D eigenvalue weighted by Gasteiger charge is 2.31. The van der Waals surface area contributed by atoms with Gasteiger partial charge in [0.25, 0.3) is 5.91 Å². The number of nitrogens with zero attached hydrogens (tertiary/aromatic N) is 5. The van der Waals surface area contributed by atoms with E-state index in [9.17, 15) is 10.1 Å². The zero-order valence-electron chi connectivity index (χ0n) is 16.6. The third-order valence-electron chi connectivity index (χ3n) is 4.95. The fourth-order valence-corrected chi connectivity index (χ4v) is 3.32. The minimum Gasteiger partial charge on any atom is -0.364 e. The van der Waals surface area contributed by atoms with Crippen LogP contribution in [0.25, 0.3) is 11.0 Å². The van der Waals surface area contributed by atoms with Crippen LogP contribution in [0.5, 0.6) is 0 Å². The molecule has 1 N–H and O–H groups in total. The lowest BCUT2D eigenvalue weighted by Gasteiger charge is -2.37. The van der Waals surface area contributed by atoms with E-state index in [4.69, 9.17) is 4.74 Å². The molecule has 28 heavy (non-hydrogen) atoms. The Balaban J connectivity index is 1.77. The Morgan fingerprint density at radius 2 is 2.11 bits per heavy atom. The number of nitrogens with one attached hydrogen (secondary N) is 1. The Hall–Kier alpha value is -2.76. The number of anilines is 1. The molecular formula is C20H26N6O2. The first-order valence-corrected chi connectivity index (χ1v) is 9.54. The van der Waals surface area contributed by atoms with Gasteiger partial charge in [-0.05, 0) is 32.6 Å². The highest BCUT2D eigenvalue weighted by atomic mass is 16.5. The molecule has 1 aliphatic rings. The number of nitriles is 1. The van der Waals surface area contributed by atoms with Gasteiger partial charge in [0, 0.05) is 32.0 Å². The average molecular weight is 382 g/mol. The lowest BCUT2D eigenvalue weighted by atomic mass is 10.1. The first-order valence-electron chi connectivity index (χ1n) is 9.54. The topological polar surface area (TPSA) is 94.4 Å². The summed E-state index contributed by atoms with van der Waals surface area (Å²) in [5.74, 6) is -0.106. The molecule has 1 saturated heterocycles. The van der Waals surface area contributed by atoms with Crippen LogP contribution in [-0.2, 0) is 9.53 Å². The Kier molecular flexibility index (Phi) is 6.39. The number of ether oxygens (including phenoxy) is 1. The van der Waals surface area contributed by atoms with E-state index in [1.54, 1.807) is 18.5 Å². The third-order valence-corrected chi connectivity index (χ3v) is 4.95. The van der Waals surface area contributed by atoms with E-state index in [-0.39, 0.29) is 12.0 Å². The van der Waals surface area contributed by atoms with Crippen LogP contribution < -0.4 is 10.2 Å². The van der Waals surface area contributed by atoms with Crippen molar-refractivity contribution < 1.29 is 9.53 Å². The van der Waals surface area contributed by atoms with Gasteiger partial charge in [0.05, 0.1) is 23.9 Å². The largest absolute Gasteiger partial charge is 0.364 e. The van der Waals surface area contributed by atoms with Gasteiger partial charge < -0.3 is 19.9 Å². The van der Waals surface area contributed by atoms with Gasteiger partial charge in [0.2, 0.25) is 0 Å². The lowest BCUT2D eigenvalue weighted by Crippen LogP contribution is -2.53. The maximum atomic E-state index is 12.6. The molecule has 0 bridgehead atoms. The van der Waals surface area contributed by atoms with E-state index in [0.29, 0.717) is 36.2 Å². The van der Waals surface area contributed by atoms with Gasteiger partial charge in [-0.2, -0.15) is 5.26 Å². The summed E-state index contributed by atoms with van der Waals surface area (Å²) in [5.41, 5.74) is 2.59. The summed E-state index contributed by atoms with van der Waals surface area (Å²) in [6.45, 7) is 7.42. The van der Waals surface area contributed by atoms with Gasteiger partial charge in [-0.15, -0.1) is 0 Å². The Morgan fingerprint density at radius 1 is 1.36 bits per heavy atom. The number of rotatable bonds is 6. The summed E-state index contributed by atoms with van der Waals surface area (Å²) < 4.78 is 5.88. The molecule has 1 amide bonds. The van der Waals surface area contributed by atoms with E-state index in [2.05, 4.69) is 38.1 Å². The molecule has 2 aromatic rings. The predicted octanol–water partition coefficient (Wildman–Crippen LogP) is 1.16. The number of carbonyl (C=O) groups is 1. The van der Waals surface area contributed by atoms with Crippen molar-refractivity contribution in [1.29, 1.82) is 5.26 Å². The highest BCUT2D eigenvalue weighted by molar-refractivity contribution is 5.92. The van der Waals surface area contributed by atoms with Crippen LogP contribution in [0, 0.1) is 11.3 Å². The minimum absolute atomic E-state index is 0.106. The van der Waals surface area contributed by atoms with E-state index < -0.39 is 6.10 Å². The van der Waals surface area contributed by atoms with Gasteiger partial charge in [-0.25, -0.2) is 0 Å². The monoisotopic (exact) mass is 382 g/mol. The molecule has 0 saturated carbocycles. The highest BCUT2D eigenvalue weighted by Crippen LogP contribution is 2.28. The smallest absolute Gasteiger partial charge is 0.251 e. The summed E-state index contributed by atoms with van der Waals surface area (Å²) in [6, 6.07) is 5.79. The van der Waals surface area contributed by atoms with Crippen molar-refractivity contribution >= 4 is 22.6 Å². The fourth-order valence-electron chi connectivity index (χ4n) is 3.32. The molecule has 1 aliphatic heterocycles. The maximum Gasteiger partial charge on any atom is 0.251 e. The molecule has 2 heterocycles. The normalized spacial score (nSPS) is 19.6. The van der Waals surface area contributed by atoms with Crippen LogP contribution in [0.15, 0.2) is 24.5 Å². The standard InChI is InChI=1S/C20H26N6O2/c1-4-25(3)10-9-24-20(27)17-13-26(12-14(2)28-17)16-6-5-15(11-21)18-19(16)23-8-7-22-18/h5-8,14,17H,4,9-10,12-13H2,1-3H3,(H,24,27)/t14-,17-/m1/s1. The van der Waals surface area contributed by atoms with Gasteiger partial charge in [0.1, 0.15) is 17.1 Å². The number of benzene rings is 1. The number of amides is 1. The van der Waals surface area contributed by atoms with Crippen LogP contribution in [0.3, 0.4) is 0 Å². The van der Waals surface area contributed by atoms with Crippen molar-refractivity contribution in [2.24, 2.45) is 0 Å². The molecule has 3 rings (SSSR count). The molecule has 2 atom stereocenters. The Labute approximate surface area is 165 Å². The minimum atomic E-state index is -0.557. The van der Waals surface area contributed by atoms with Crippen molar-refractivity contribution in [3.8, 4) is 6.07 Å². The molecule has 8 nitrogen and oxygen atoms in total. The summed E-state index contributed by atoms with van der Waals surface area (Å²) in [5, 5.41) is 12.3. The predicted molar refractivity (Wildman–Crippen MR) is 107 cm³/mol. The number of hydrogen-bond donors (Lipinski definition) is 1. The number of aromatic nitrogens is 2. The second-order valence-electron chi connectivity index (χ2n) is 7.02. The Bertz CT molecular complexity index is 881. The lowest BCUT2D eigenvalue weighted by molar-refractivity contribution is -0.137. The second kappa shape index (κ2) is 8.95. The van der Waals surface area contributed by atoms with Crippen LogP contribution in [0.4, 0.5) is 5.69 Å². The number of likely N-dealkylation sites (N-methyl/N-ethyl adjacent to an activating group) is 1. The fraction of sp³-hybridized carbons (Fsp3) is 0.500. The number of morpholine rings is 1. The molecule has 0 spiro atoms. The van der Waals surface area contributed by atoms with Crippen molar-refractivity contribution in [2.45, 2.75) is 26.1 Å². The van der Waals surface area contributed by atoms with E-state index in [1.807, 2.05) is 20.0 Å². The number of carbonyl (C=O) groups excluding carboxylic acids is 1. The van der Waals surface area contributed by atoms with E-state index in [1.165, 1.54) is 0 Å². The summed E-state index contributed by atoms with van der Waals surface area (Å²) >= 11 is 0. The molecule has 1 aromatic heterocycles. The first kappa shape index (κ1) is 20.0. The van der Waals surface area contributed by atoms with Gasteiger partial charge >= 0.3 is 0 Å². The zero-order valence-corrected chi connectivity index (χ0v) is 16.6. The van der Waals surface area contributed by atoms with Crippen molar-refractivity contribution in [2.75, 3.05) is 44.7 Å². The first-order chi connectivity index (χ1) is 13.5. The van der Waals surface area contributed by atoms with Gasteiger partial charge in [0.15, 0.2) is 6.10 Å². The molecule has 0 unspecified atom stereocenters. The van der Waals surface area contributed by atoms with Crippen molar-refractivity contribution in [1.82, 2.24) is 20.2 Å². The van der Waals surface area contributed by atoms with Gasteiger partial charge in [-0.3, -0.25) is 14.8 Å². The number of hydrogen-bond acceptors (Lipinski definition) is 7. The van der Waals surface area contributed by atoms with Crippen molar-refractivity contribution in [3.05, 3.63) is 30.1 Å². The maximum absolute atomic E-state index is 12.6. The van der Waals surface area contributed by atoms with Crippen LogP contribution in [-0.4, -0.2) is 72.8 Å². The van der Waals surface area contributed by atoms with E-state index in [0.717, 1.165) is 18.8 Å². The zero-order chi connectivity index (χ0) is 20.1. The Morgan fingerprint density at radius 3 is 2.82 bits per heavy atom. The quantitative estimate of drug-likeness (QED) is 0.801. The SMILES string of the molecule is CCN(C)CCNC(=O)[C@H]1CN(c2ccc(C#N)c3nccnc23)C[C@@H](C)O1. The van der Waals surface area contributed by atoms with Crippen LogP contribution in [0.1, 0.15) is 19.4 Å². The molecule has 0 aliphatic carbocycles. The third kappa shape index (κ3) is 4.38. The second-order valence-corrected chi connectivity index (χ2v) is 7.02. The molecule has 1 aromatic carbocycles. The van der Waals surface area contributed by atoms with Crippen LogP contribution >= 0.6 is 0 Å². The summed E-state index contributed by atoms with van der Waals surface area (Å²) in [4.78, 5) is 25.6. The summed E-state index contributed by atoms with van der Waals surface area (Å²) in [6.07, 6.45) is 2.53. The van der Waals surface area contributed by atoms with E-state index >= 15 is 0 Å². The average Bonchev–Trinajstić information content (AvgIpc) is 2.72.